The summed E-state index contributed by atoms with van der Waals surface area (Å²) in [7, 11) is 5.51. The smallest absolute Gasteiger partial charge is 0.306 e. The summed E-state index contributed by atoms with van der Waals surface area (Å²) in [5.74, 6) is -0.506. The number of nitrogens with zero attached hydrogens (tertiary/aromatic N) is 2. The molecule has 4 rings (SSSR count). The lowest BCUT2D eigenvalue weighted by atomic mass is 9.89. The largest absolute Gasteiger partial charge is 0.485 e. The number of halogens is 1. The lowest BCUT2D eigenvalue weighted by Crippen LogP contribution is -2.20. The number of carboxylic acid groups (broad SMARTS) is 1. The minimum absolute atomic E-state index is 0.0264. The normalized spacial score (nSPS) is 16.7. The maximum atomic E-state index is 14.8. The van der Waals surface area contributed by atoms with Gasteiger partial charge in [-0.05, 0) is 80.2 Å². The third-order valence-corrected chi connectivity index (χ3v) is 7.04. The quantitative estimate of drug-likeness (QED) is 0.425. The number of ether oxygens (including phenoxy) is 2. The molecule has 0 fully saturated rings. The predicted molar refractivity (Wildman–Crippen MR) is 137 cm³/mol. The fourth-order valence-corrected chi connectivity index (χ4v) is 4.60. The Hall–Kier alpha value is -3.45. The first-order valence-corrected chi connectivity index (χ1v) is 12.2. The monoisotopic (exact) mass is 492 g/mol. The Balaban J connectivity index is 1.68. The molecular formula is C29H33FN2O4. The number of aromatic nitrogens is 1. The van der Waals surface area contributed by atoms with Gasteiger partial charge in [0.15, 0.2) is 0 Å². The van der Waals surface area contributed by atoms with Crippen molar-refractivity contribution in [2.24, 2.45) is 5.92 Å². The van der Waals surface area contributed by atoms with Crippen molar-refractivity contribution in [2.75, 3.05) is 21.2 Å². The predicted octanol–water partition coefficient (Wildman–Crippen LogP) is 5.85. The maximum Gasteiger partial charge on any atom is 0.306 e. The summed E-state index contributed by atoms with van der Waals surface area (Å²) in [5.41, 5.74) is 5.33. The number of hydrogen-bond acceptors (Lipinski definition) is 5. The maximum absolute atomic E-state index is 14.8. The molecule has 0 spiro atoms. The van der Waals surface area contributed by atoms with Crippen LogP contribution < -0.4 is 9.47 Å². The molecule has 0 saturated carbocycles. The number of hydrogen-bond donors (Lipinski definition) is 1. The number of fused-ring (bicyclic) bond motifs is 1. The summed E-state index contributed by atoms with van der Waals surface area (Å²) in [6, 6.07) is 13.7. The number of rotatable bonds is 8. The summed E-state index contributed by atoms with van der Waals surface area (Å²) < 4.78 is 26.5. The van der Waals surface area contributed by atoms with Crippen LogP contribution in [0.25, 0.3) is 11.1 Å². The van der Waals surface area contributed by atoms with Gasteiger partial charge in [-0.3, -0.25) is 4.79 Å². The molecule has 1 aliphatic heterocycles. The van der Waals surface area contributed by atoms with Crippen LogP contribution in [0.4, 0.5) is 4.39 Å². The van der Waals surface area contributed by atoms with Crippen molar-refractivity contribution in [3.63, 3.8) is 0 Å². The Bertz CT molecular complexity index is 1260. The van der Waals surface area contributed by atoms with Crippen molar-refractivity contribution < 1.29 is 23.8 Å². The third kappa shape index (κ3) is 5.36. The van der Waals surface area contributed by atoms with E-state index in [1.807, 2.05) is 44.4 Å². The Labute approximate surface area is 211 Å². The standard InChI is InChI=1S/C29H33FN2O4/c1-17(29(33)34)12-19-6-7-20-9-11-26(36-27(20)13-19)21-8-10-22(23(14-21)18(2)32(3)4)24-15-28(35-5)31-16-25(24)30/h6-8,10,13-18,26H,9,11-12H2,1-5H3,(H,33,34)/t17-,18?,26?/m0/s1. The highest BCUT2D eigenvalue weighted by molar-refractivity contribution is 5.70. The molecule has 2 aromatic carbocycles. The molecule has 2 unspecified atom stereocenters. The summed E-state index contributed by atoms with van der Waals surface area (Å²) in [6.45, 7) is 3.80. The number of aliphatic carboxylic acids is 1. The molecule has 2 heterocycles. The van der Waals surface area contributed by atoms with Crippen LogP contribution in [0.5, 0.6) is 11.6 Å². The van der Waals surface area contributed by atoms with Gasteiger partial charge < -0.3 is 19.5 Å². The SMILES string of the molecule is COc1cc(-c2ccc(C3CCc4ccc(C[C@H](C)C(=O)O)cc4O3)cc2C(C)N(C)C)c(F)cn1. The zero-order chi connectivity index (χ0) is 26.0. The Morgan fingerprint density at radius 3 is 2.67 bits per heavy atom. The summed E-state index contributed by atoms with van der Waals surface area (Å²) in [5, 5.41) is 9.26. The Kier molecular flexibility index (Phi) is 7.59. The lowest BCUT2D eigenvalue weighted by molar-refractivity contribution is -0.141. The molecule has 1 aromatic heterocycles. The van der Waals surface area contributed by atoms with Gasteiger partial charge in [0.1, 0.15) is 17.7 Å². The van der Waals surface area contributed by atoms with Gasteiger partial charge in [-0.1, -0.05) is 31.2 Å². The van der Waals surface area contributed by atoms with E-state index in [0.29, 0.717) is 17.9 Å². The molecule has 3 aromatic rings. The lowest BCUT2D eigenvalue weighted by Gasteiger charge is -2.29. The number of aryl methyl sites for hydroxylation is 1. The number of pyridine rings is 1. The molecule has 1 aliphatic rings. The van der Waals surface area contributed by atoms with Gasteiger partial charge in [0, 0.05) is 17.7 Å². The molecule has 0 saturated heterocycles. The minimum Gasteiger partial charge on any atom is -0.485 e. The van der Waals surface area contributed by atoms with Crippen LogP contribution in [0, 0.1) is 11.7 Å². The molecule has 0 amide bonds. The van der Waals surface area contributed by atoms with Gasteiger partial charge in [0.25, 0.3) is 0 Å². The molecule has 7 heteroatoms. The Morgan fingerprint density at radius 1 is 1.19 bits per heavy atom. The second-order valence-corrected chi connectivity index (χ2v) is 9.72. The van der Waals surface area contributed by atoms with Crippen LogP contribution in [0.15, 0.2) is 48.7 Å². The fraction of sp³-hybridized carbons (Fsp3) is 0.379. The average molecular weight is 493 g/mol. The van der Waals surface area contributed by atoms with Crippen molar-refractivity contribution in [1.29, 1.82) is 0 Å². The van der Waals surface area contributed by atoms with Crippen LogP contribution >= 0.6 is 0 Å². The molecule has 190 valence electrons. The van der Waals surface area contributed by atoms with E-state index in [-0.39, 0.29) is 12.1 Å². The summed E-state index contributed by atoms with van der Waals surface area (Å²) >= 11 is 0. The average Bonchev–Trinajstić information content (AvgIpc) is 2.87. The first kappa shape index (κ1) is 25.6. The summed E-state index contributed by atoms with van der Waals surface area (Å²) in [6.07, 6.45) is 3.19. The van der Waals surface area contributed by atoms with E-state index < -0.39 is 17.7 Å². The highest BCUT2D eigenvalue weighted by Crippen LogP contribution is 2.39. The van der Waals surface area contributed by atoms with Gasteiger partial charge in [0.05, 0.1) is 19.2 Å². The number of methoxy groups -OCH3 is 1. The number of carboxylic acids is 1. The first-order chi connectivity index (χ1) is 17.2. The molecule has 36 heavy (non-hydrogen) atoms. The minimum atomic E-state index is -0.808. The van der Waals surface area contributed by atoms with Gasteiger partial charge in [-0.15, -0.1) is 0 Å². The van der Waals surface area contributed by atoms with E-state index in [2.05, 4.69) is 22.9 Å². The zero-order valence-electron chi connectivity index (χ0n) is 21.4. The van der Waals surface area contributed by atoms with Crippen molar-refractivity contribution in [3.8, 4) is 22.8 Å². The van der Waals surface area contributed by atoms with Crippen LogP contribution in [-0.4, -0.2) is 42.2 Å². The van der Waals surface area contributed by atoms with Crippen LogP contribution in [0.3, 0.4) is 0 Å². The second kappa shape index (κ2) is 10.7. The highest BCUT2D eigenvalue weighted by Gasteiger charge is 2.25. The van der Waals surface area contributed by atoms with Crippen LogP contribution in [0.2, 0.25) is 0 Å². The van der Waals surface area contributed by atoms with Gasteiger partial charge >= 0.3 is 5.97 Å². The second-order valence-electron chi connectivity index (χ2n) is 9.72. The van der Waals surface area contributed by atoms with E-state index in [0.717, 1.165) is 46.4 Å². The summed E-state index contributed by atoms with van der Waals surface area (Å²) in [4.78, 5) is 17.4. The van der Waals surface area contributed by atoms with Crippen molar-refractivity contribution >= 4 is 5.97 Å². The molecule has 1 N–H and O–H groups in total. The first-order valence-electron chi connectivity index (χ1n) is 12.2. The number of benzene rings is 2. The topological polar surface area (TPSA) is 71.9 Å². The molecule has 0 radical (unpaired) electrons. The van der Waals surface area contributed by atoms with E-state index in [9.17, 15) is 14.3 Å². The Morgan fingerprint density at radius 2 is 1.97 bits per heavy atom. The molecule has 3 atom stereocenters. The van der Waals surface area contributed by atoms with E-state index >= 15 is 0 Å². The molecule has 0 bridgehead atoms. The van der Waals surface area contributed by atoms with Crippen molar-refractivity contribution in [1.82, 2.24) is 9.88 Å². The van der Waals surface area contributed by atoms with E-state index in [4.69, 9.17) is 9.47 Å². The van der Waals surface area contributed by atoms with Crippen molar-refractivity contribution in [3.05, 3.63) is 76.7 Å². The molecular weight excluding hydrogens is 459 g/mol. The number of carbonyl (C=O) groups is 1. The zero-order valence-corrected chi connectivity index (χ0v) is 21.4. The van der Waals surface area contributed by atoms with Crippen LogP contribution in [-0.2, 0) is 17.6 Å². The van der Waals surface area contributed by atoms with Crippen LogP contribution in [0.1, 0.15) is 54.7 Å². The molecule has 6 nitrogen and oxygen atoms in total. The van der Waals surface area contributed by atoms with E-state index in [1.54, 1.807) is 13.0 Å². The molecule has 0 aliphatic carbocycles. The fourth-order valence-electron chi connectivity index (χ4n) is 4.60. The third-order valence-electron chi connectivity index (χ3n) is 7.04. The van der Waals surface area contributed by atoms with Gasteiger partial charge in [0.2, 0.25) is 5.88 Å². The van der Waals surface area contributed by atoms with Gasteiger partial charge in [-0.2, -0.15) is 0 Å². The van der Waals surface area contributed by atoms with Crippen molar-refractivity contribution in [2.45, 2.75) is 45.3 Å². The highest BCUT2D eigenvalue weighted by atomic mass is 19.1. The van der Waals surface area contributed by atoms with Gasteiger partial charge in [-0.25, -0.2) is 9.37 Å². The van der Waals surface area contributed by atoms with E-state index in [1.165, 1.54) is 13.3 Å².